The molecule has 1 unspecified atom stereocenters. The van der Waals surface area contributed by atoms with Gasteiger partial charge in [-0.2, -0.15) is 0 Å². The molecule has 2 rings (SSSR count). The number of rotatable bonds is 3. The van der Waals surface area contributed by atoms with Gasteiger partial charge in [-0.05, 0) is 58.9 Å². The summed E-state index contributed by atoms with van der Waals surface area (Å²) < 4.78 is 5.42. The van der Waals surface area contributed by atoms with Crippen LogP contribution in [0.4, 0.5) is 0 Å². The summed E-state index contributed by atoms with van der Waals surface area (Å²) >= 11 is 0. The van der Waals surface area contributed by atoms with Gasteiger partial charge < -0.3 is 15.0 Å². The van der Waals surface area contributed by atoms with Crippen molar-refractivity contribution in [2.75, 3.05) is 32.8 Å². The Morgan fingerprint density at radius 2 is 1.95 bits per heavy atom. The molecule has 2 fully saturated rings. The molecule has 2 aliphatic heterocycles. The molecular weight excluding hydrogens is 252 g/mol. The Labute approximate surface area is 123 Å². The molecule has 2 heterocycles. The van der Waals surface area contributed by atoms with E-state index in [2.05, 4.69) is 10.2 Å². The van der Waals surface area contributed by atoms with Crippen molar-refractivity contribution in [2.45, 2.75) is 52.0 Å². The topological polar surface area (TPSA) is 41.6 Å². The Bertz CT molecular complexity index is 319. The number of likely N-dealkylation sites (tertiary alicyclic amines) is 1. The first-order valence-corrected chi connectivity index (χ1v) is 8.06. The zero-order valence-electron chi connectivity index (χ0n) is 13.3. The van der Waals surface area contributed by atoms with Crippen molar-refractivity contribution < 1.29 is 9.53 Å². The van der Waals surface area contributed by atoms with Crippen molar-refractivity contribution in [1.82, 2.24) is 10.2 Å². The molecule has 0 bridgehead atoms. The summed E-state index contributed by atoms with van der Waals surface area (Å²) in [4.78, 5) is 14.8. The molecule has 1 N–H and O–H groups in total. The summed E-state index contributed by atoms with van der Waals surface area (Å²) in [6.07, 6.45) is 4.53. The van der Waals surface area contributed by atoms with Gasteiger partial charge in [0.1, 0.15) is 0 Å². The Morgan fingerprint density at radius 1 is 1.25 bits per heavy atom. The third-order valence-corrected chi connectivity index (χ3v) is 4.23. The number of nitrogens with zero attached hydrogens (tertiary/aromatic N) is 1. The zero-order chi connectivity index (χ0) is 14.6. The van der Waals surface area contributed by atoms with E-state index in [1.807, 2.05) is 20.8 Å². The fourth-order valence-electron chi connectivity index (χ4n) is 3.20. The third-order valence-electron chi connectivity index (χ3n) is 4.23. The van der Waals surface area contributed by atoms with E-state index < -0.39 is 0 Å². The van der Waals surface area contributed by atoms with Gasteiger partial charge in [-0.15, -0.1) is 0 Å². The van der Waals surface area contributed by atoms with Gasteiger partial charge in [0.05, 0.1) is 5.92 Å². The van der Waals surface area contributed by atoms with Crippen molar-refractivity contribution in [3.8, 4) is 0 Å². The predicted octanol–water partition coefficient (Wildman–Crippen LogP) is 2.04. The quantitative estimate of drug-likeness (QED) is 0.861. The number of hydrogen-bond donors (Lipinski definition) is 1. The molecule has 1 amide bonds. The Kier molecular flexibility index (Phi) is 5.44. The fourth-order valence-corrected chi connectivity index (χ4v) is 3.20. The maximum absolute atomic E-state index is 12.3. The van der Waals surface area contributed by atoms with E-state index in [4.69, 9.17) is 4.74 Å². The van der Waals surface area contributed by atoms with Crippen LogP contribution in [0.3, 0.4) is 0 Å². The molecule has 2 aliphatic rings. The molecule has 0 spiro atoms. The van der Waals surface area contributed by atoms with Crippen LogP contribution in [0.1, 0.15) is 46.5 Å². The number of hydrogen-bond acceptors (Lipinski definition) is 3. The average Bonchev–Trinajstić information content (AvgIpc) is 2.38. The van der Waals surface area contributed by atoms with E-state index in [1.54, 1.807) is 0 Å². The lowest BCUT2D eigenvalue weighted by Crippen LogP contribution is -2.49. The van der Waals surface area contributed by atoms with Gasteiger partial charge in [-0.1, -0.05) is 0 Å². The van der Waals surface area contributed by atoms with Crippen LogP contribution >= 0.6 is 0 Å². The maximum atomic E-state index is 12.3. The van der Waals surface area contributed by atoms with Crippen molar-refractivity contribution in [3.63, 3.8) is 0 Å². The first-order valence-electron chi connectivity index (χ1n) is 8.06. The normalized spacial score (nSPS) is 26.4. The predicted molar refractivity (Wildman–Crippen MR) is 80.6 cm³/mol. The Morgan fingerprint density at radius 3 is 2.60 bits per heavy atom. The Hall–Kier alpha value is -0.610. The van der Waals surface area contributed by atoms with Crippen LogP contribution in [0.5, 0.6) is 0 Å². The lowest BCUT2D eigenvalue weighted by Gasteiger charge is -2.36. The summed E-state index contributed by atoms with van der Waals surface area (Å²) in [7, 11) is 0. The summed E-state index contributed by atoms with van der Waals surface area (Å²) in [5, 5.41) is 3.13. The number of carbonyl (C=O) groups is 1. The highest BCUT2D eigenvalue weighted by molar-refractivity contribution is 5.79. The van der Waals surface area contributed by atoms with Crippen molar-refractivity contribution in [3.05, 3.63) is 0 Å². The highest BCUT2D eigenvalue weighted by Crippen LogP contribution is 2.22. The van der Waals surface area contributed by atoms with E-state index >= 15 is 0 Å². The van der Waals surface area contributed by atoms with Crippen LogP contribution in [0.15, 0.2) is 0 Å². The van der Waals surface area contributed by atoms with Gasteiger partial charge in [0, 0.05) is 31.8 Å². The second-order valence-electron chi connectivity index (χ2n) is 7.39. The van der Waals surface area contributed by atoms with Crippen LogP contribution in [0, 0.1) is 11.8 Å². The molecule has 20 heavy (non-hydrogen) atoms. The first-order chi connectivity index (χ1) is 9.44. The fraction of sp³-hybridized carbons (Fsp3) is 0.938. The van der Waals surface area contributed by atoms with E-state index in [-0.39, 0.29) is 17.4 Å². The summed E-state index contributed by atoms with van der Waals surface area (Å²) in [6.45, 7) is 11.2. The van der Waals surface area contributed by atoms with Crippen LogP contribution in [-0.2, 0) is 9.53 Å². The molecule has 2 saturated heterocycles. The third kappa shape index (κ3) is 5.06. The number of nitrogens with one attached hydrogen (secondary N) is 1. The molecule has 4 heteroatoms. The monoisotopic (exact) mass is 282 g/mol. The van der Waals surface area contributed by atoms with Crippen LogP contribution in [0.2, 0.25) is 0 Å². The van der Waals surface area contributed by atoms with Crippen LogP contribution in [-0.4, -0.2) is 49.2 Å². The number of ether oxygens (including phenoxy) is 1. The SMILES string of the molecule is CC(C)(C)NC(=O)C1CCCN(CC2CCOCC2)C1. The summed E-state index contributed by atoms with van der Waals surface area (Å²) in [5.74, 6) is 1.16. The lowest BCUT2D eigenvalue weighted by molar-refractivity contribution is -0.128. The molecule has 0 aliphatic carbocycles. The minimum Gasteiger partial charge on any atom is -0.381 e. The van der Waals surface area contributed by atoms with Gasteiger partial charge in [-0.3, -0.25) is 4.79 Å². The number of carbonyl (C=O) groups excluding carboxylic acids is 1. The van der Waals surface area contributed by atoms with Crippen LogP contribution in [0.25, 0.3) is 0 Å². The summed E-state index contributed by atoms with van der Waals surface area (Å²) in [5.41, 5.74) is -0.125. The number of piperidine rings is 1. The molecule has 4 nitrogen and oxygen atoms in total. The summed E-state index contributed by atoms with van der Waals surface area (Å²) in [6, 6.07) is 0. The molecule has 0 saturated carbocycles. The molecule has 0 radical (unpaired) electrons. The van der Waals surface area contributed by atoms with Crippen LogP contribution < -0.4 is 5.32 Å². The zero-order valence-corrected chi connectivity index (χ0v) is 13.3. The number of amides is 1. The smallest absolute Gasteiger partial charge is 0.224 e. The Balaban J connectivity index is 1.80. The highest BCUT2D eigenvalue weighted by Gasteiger charge is 2.29. The van der Waals surface area contributed by atoms with Gasteiger partial charge in [-0.25, -0.2) is 0 Å². The average molecular weight is 282 g/mol. The van der Waals surface area contributed by atoms with E-state index in [9.17, 15) is 4.79 Å². The largest absolute Gasteiger partial charge is 0.381 e. The van der Waals surface area contributed by atoms with E-state index in [1.165, 1.54) is 12.8 Å². The molecule has 1 atom stereocenters. The van der Waals surface area contributed by atoms with Crippen molar-refractivity contribution >= 4 is 5.91 Å². The van der Waals surface area contributed by atoms with E-state index in [0.29, 0.717) is 0 Å². The molecule has 0 aromatic carbocycles. The molecule has 0 aromatic heterocycles. The van der Waals surface area contributed by atoms with Crippen molar-refractivity contribution in [1.29, 1.82) is 0 Å². The van der Waals surface area contributed by atoms with Gasteiger partial charge in [0.25, 0.3) is 0 Å². The molecule has 116 valence electrons. The molecule has 0 aromatic rings. The first kappa shape index (κ1) is 15.8. The lowest BCUT2D eigenvalue weighted by atomic mass is 9.93. The standard InChI is InChI=1S/C16H30N2O2/c1-16(2,3)17-15(19)14-5-4-8-18(12-14)11-13-6-9-20-10-7-13/h13-14H,4-12H2,1-3H3,(H,17,19). The molecular formula is C16H30N2O2. The minimum atomic E-state index is -0.125. The van der Waals surface area contributed by atoms with Gasteiger partial charge >= 0.3 is 0 Å². The highest BCUT2D eigenvalue weighted by atomic mass is 16.5. The second kappa shape index (κ2) is 6.90. The van der Waals surface area contributed by atoms with E-state index in [0.717, 1.165) is 51.6 Å². The minimum absolute atomic E-state index is 0.125. The van der Waals surface area contributed by atoms with Gasteiger partial charge in [0.15, 0.2) is 0 Å². The second-order valence-corrected chi connectivity index (χ2v) is 7.39. The van der Waals surface area contributed by atoms with Gasteiger partial charge in [0.2, 0.25) is 5.91 Å². The van der Waals surface area contributed by atoms with Crippen molar-refractivity contribution in [2.24, 2.45) is 11.8 Å². The maximum Gasteiger partial charge on any atom is 0.224 e.